The van der Waals surface area contributed by atoms with Crippen LogP contribution in [0, 0.1) is 5.82 Å². The van der Waals surface area contributed by atoms with Gasteiger partial charge in [0.2, 0.25) is 5.91 Å². The smallest absolute Gasteiger partial charge is 0.220 e. The summed E-state index contributed by atoms with van der Waals surface area (Å²) in [6.07, 6.45) is 2.56. The average molecular weight is 539 g/mol. The number of thioether (sulfide) groups is 1. The van der Waals surface area contributed by atoms with Crippen LogP contribution < -0.4 is 10.1 Å². The van der Waals surface area contributed by atoms with Crippen molar-refractivity contribution >= 4 is 29.3 Å². The first-order chi connectivity index (χ1) is 18.0. The van der Waals surface area contributed by atoms with Crippen LogP contribution in [0.2, 0.25) is 5.02 Å². The van der Waals surface area contributed by atoms with E-state index < -0.39 is 0 Å². The lowest BCUT2D eigenvalue weighted by molar-refractivity contribution is -0.121. The zero-order valence-electron chi connectivity index (χ0n) is 20.5. The molecule has 0 bridgehead atoms. The third kappa shape index (κ3) is 7.57. The van der Waals surface area contributed by atoms with Crippen molar-refractivity contribution in [3.05, 3.63) is 101 Å². The topological polar surface area (TPSA) is 69.0 Å². The Bertz CT molecular complexity index is 1350. The minimum Gasteiger partial charge on any atom is -0.496 e. The second-order valence-electron chi connectivity index (χ2n) is 8.43. The summed E-state index contributed by atoms with van der Waals surface area (Å²) >= 11 is 7.74. The molecular formula is C28H28ClFN4O2S. The number of benzene rings is 3. The van der Waals surface area contributed by atoms with E-state index in [9.17, 15) is 9.18 Å². The van der Waals surface area contributed by atoms with Gasteiger partial charge in [0, 0.05) is 35.7 Å². The predicted molar refractivity (Wildman–Crippen MR) is 145 cm³/mol. The molecule has 0 aliphatic carbocycles. The first kappa shape index (κ1) is 26.7. The van der Waals surface area contributed by atoms with Crippen LogP contribution in [0.3, 0.4) is 0 Å². The summed E-state index contributed by atoms with van der Waals surface area (Å²) in [5, 5.41) is 13.1. The number of unbranched alkanes of at least 4 members (excludes halogenated alkanes) is 1. The summed E-state index contributed by atoms with van der Waals surface area (Å²) in [5.74, 6) is 1.84. The molecule has 4 aromatic rings. The van der Waals surface area contributed by atoms with Gasteiger partial charge < -0.3 is 10.1 Å². The Morgan fingerprint density at radius 3 is 2.70 bits per heavy atom. The predicted octanol–water partition coefficient (Wildman–Crippen LogP) is 6.39. The van der Waals surface area contributed by atoms with Gasteiger partial charge in [0.05, 0.1) is 12.8 Å². The molecule has 37 heavy (non-hydrogen) atoms. The third-order valence-electron chi connectivity index (χ3n) is 5.75. The van der Waals surface area contributed by atoms with E-state index in [2.05, 4.69) is 15.5 Å². The SMILES string of the molecule is COc1ccccc1CNC(=O)CCCCc1nnc(SCc2cccc(F)c2)n1-c1cccc(Cl)c1. The summed E-state index contributed by atoms with van der Waals surface area (Å²) in [6.45, 7) is 0.428. The van der Waals surface area contributed by atoms with E-state index in [1.54, 1.807) is 13.2 Å². The summed E-state index contributed by atoms with van der Waals surface area (Å²) in [4.78, 5) is 12.4. The van der Waals surface area contributed by atoms with Gasteiger partial charge in [0.15, 0.2) is 5.16 Å². The van der Waals surface area contributed by atoms with Crippen molar-refractivity contribution in [1.29, 1.82) is 0 Å². The highest BCUT2D eigenvalue weighted by Gasteiger charge is 2.15. The molecule has 1 aromatic heterocycles. The zero-order valence-corrected chi connectivity index (χ0v) is 22.1. The Kier molecular flexibility index (Phi) is 9.57. The van der Waals surface area contributed by atoms with E-state index >= 15 is 0 Å². The Balaban J connectivity index is 1.36. The molecule has 0 atom stereocenters. The quantitative estimate of drug-likeness (QED) is 0.167. The van der Waals surface area contributed by atoms with Crippen LogP contribution >= 0.6 is 23.4 Å². The Labute approximate surface area is 225 Å². The molecule has 0 spiro atoms. The largest absolute Gasteiger partial charge is 0.496 e. The highest BCUT2D eigenvalue weighted by molar-refractivity contribution is 7.98. The van der Waals surface area contributed by atoms with Crippen LogP contribution in [-0.4, -0.2) is 27.8 Å². The van der Waals surface area contributed by atoms with Crippen LogP contribution in [-0.2, 0) is 23.5 Å². The molecule has 6 nitrogen and oxygen atoms in total. The van der Waals surface area contributed by atoms with Gasteiger partial charge in [0.25, 0.3) is 0 Å². The van der Waals surface area contributed by atoms with Gasteiger partial charge >= 0.3 is 0 Å². The number of halogens is 2. The number of aryl methyl sites for hydroxylation is 1. The molecule has 0 aliphatic heterocycles. The molecule has 9 heteroatoms. The normalized spacial score (nSPS) is 10.9. The number of nitrogens with zero attached hydrogens (tertiary/aromatic N) is 3. The minimum absolute atomic E-state index is 0.00597. The number of para-hydroxylation sites is 1. The molecule has 0 aliphatic rings. The van der Waals surface area contributed by atoms with Crippen LogP contribution in [0.25, 0.3) is 5.69 Å². The number of carbonyl (C=O) groups excluding carboxylic acids is 1. The average Bonchev–Trinajstić information content (AvgIpc) is 3.31. The molecule has 0 radical (unpaired) electrons. The molecule has 0 fully saturated rings. The summed E-state index contributed by atoms with van der Waals surface area (Å²) < 4.78 is 20.9. The van der Waals surface area contributed by atoms with Gasteiger partial charge in [-0.15, -0.1) is 10.2 Å². The fourth-order valence-corrected chi connectivity index (χ4v) is 5.00. The van der Waals surface area contributed by atoms with E-state index in [4.69, 9.17) is 16.3 Å². The van der Waals surface area contributed by atoms with Crippen molar-refractivity contribution in [1.82, 2.24) is 20.1 Å². The van der Waals surface area contributed by atoms with Crippen LogP contribution in [0.5, 0.6) is 5.75 Å². The molecule has 0 unspecified atom stereocenters. The van der Waals surface area contributed by atoms with Crippen molar-refractivity contribution in [2.24, 2.45) is 0 Å². The fraction of sp³-hybridized carbons (Fsp3) is 0.250. The number of methoxy groups -OCH3 is 1. The number of hydrogen-bond acceptors (Lipinski definition) is 5. The molecule has 4 rings (SSSR count). The molecular weight excluding hydrogens is 511 g/mol. The van der Waals surface area contributed by atoms with E-state index in [1.807, 2.05) is 59.2 Å². The lowest BCUT2D eigenvalue weighted by atomic mass is 10.1. The van der Waals surface area contributed by atoms with Gasteiger partial charge in [0.1, 0.15) is 17.4 Å². The first-order valence-electron chi connectivity index (χ1n) is 12.0. The number of carbonyl (C=O) groups is 1. The van der Waals surface area contributed by atoms with E-state index in [-0.39, 0.29) is 11.7 Å². The maximum atomic E-state index is 13.6. The number of hydrogen-bond donors (Lipinski definition) is 1. The number of aromatic nitrogens is 3. The fourth-order valence-electron chi connectivity index (χ4n) is 3.90. The lowest BCUT2D eigenvalue weighted by Crippen LogP contribution is -2.22. The molecule has 0 saturated carbocycles. The number of amides is 1. The Hall–Kier alpha value is -3.36. The van der Waals surface area contributed by atoms with E-state index in [1.165, 1.54) is 23.9 Å². The van der Waals surface area contributed by atoms with Crippen LogP contribution in [0.15, 0.2) is 78.0 Å². The minimum atomic E-state index is -0.262. The molecule has 0 saturated heterocycles. The molecule has 1 amide bonds. The van der Waals surface area contributed by atoms with Crippen LogP contribution in [0.4, 0.5) is 4.39 Å². The molecule has 1 N–H and O–H groups in total. The third-order valence-corrected chi connectivity index (χ3v) is 6.98. The van der Waals surface area contributed by atoms with Crippen molar-refractivity contribution in [2.45, 2.75) is 43.1 Å². The zero-order chi connectivity index (χ0) is 26.0. The monoisotopic (exact) mass is 538 g/mol. The summed E-state index contributed by atoms with van der Waals surface area (Å²) in [6, 6.07) is 21.7. The maximum absolute atomic E-state index is 13.6. The van der Waals surface area contributed by atoms with Crippen molar-refractivity contribution in [2.75, 3.05) is 7.11 Å². The molecule has 192 valence electrons. The van der Waals surface area contributed by atoms with Crippen molar-refractivity contribution in [3.8, 4) is 11.4 Å². The van der Waals surface area contributed by atoms with Crippen molar-refractivity contribution in [3.63, 3.8) is 0 Å². The van der Waals surface area contributed by atoms with Gasteiger partial charge in [-0.05, 0) is 54.8 Å². The summed E-state index contributed by atoms with van der Waals surface area (Å²) in [7, 11) is 1.62. The van der Waals surface area contributed by atoms with Gasteiger partial charge in [-0.3, -0.25) is 9.36 Å². The number of ether oxygens (including phenoxy) is 1. The first-order valence-corrected chi connectivity index (χ1v) is 13.4. The standard InChI is InChI=1S/C28H28ClFN4O2S/c1-36-25-13-3-2-9-21(25)18-31-27(35)15-5-4-14-26-32-33-28(34(26)24-12-7-10-22(29)17-24)37-19-20-8-6-11-23(30)16-20/h2-3,6-13,16-17H,4-5,14-15,18-19H2,1H3,(H,31,35). The summed E-state index contributed by atoms with van der Waals surface area (Å²) in [5.41, 5.74) is 2.67. The molecule has 1 heterocycles. The Morgan fingerprint density at radius 1 is 1.05 bits per heavy atom. The highest BCUT2D eigenvalue weighted by Crippen LogP contribution is 2.27. The maximum Gasteiger partial charge on any atom is 0.220 e. The number of nitrogens with one attached hydrogen (secondary N) is 1. The highest BCUT2D eigenvalue weighted by atomic mass is 35.5. The van der Waals surface area contributed by atoms with Gasteiger partial charge in [-0.25, -0.2) is 4.39 Å². The van der Waals surface area contributed by atoms with Gasteiger partial charge in [-0.2, -0.15) is 0 Å². The number of rotatable bonds is 12. The Morgan fingerprint density at radius 2 is 1.89 bits per heavy atom. The lowest BCUT2D eigenvalue weighted by Gasteiger charge is -2.11. The second-order valence-corrected chi connectivity index (χ2v) is 9.81. The van der Waals surface area contributed by atoms with Crippen LogP contribution in [0.1, 0.15) is 36.2 Å². The molecule has 3 aromatic carbocycles. The van der Waals surface area contributed by atoms with Crippen molar-refractivity contribution < 1.29 is 13.9 Å². The van der Waals surface area contributed by atoms with E-state index in [0.29, 0.717) is 41.7 Å². The second kappa shape index (κ2) is 13.3. The van der Waals surface area contributed by atoms with Gasteiger partial charge in [-0.1, -0.05) is 59.8 Å². The van der Waals surface area contributed by atoms with E-state index in [0.717, 1.165) is 34.8 Å².